The van der Waals surface area contributed by atoms with Gasteiger partial charge in [-0.1, -0.05) is 42.5 Å². The van der Waals surface area contributed by atoms with Crippen LogP contribution in [0.4, 0.5) is 5.82 Å². The third-order valence-electron chi connectivity index (χ3n) is 6.56. The first kappa shape index (κ1) is 22.2. The van der Waals surface area contributed by atoms with Crippen molar-refractivity contribution < 1.29 is 4.79 Å². The van der Waals surface area contributed by atoms with Crippen molar-refractivity contribution in [2.45, 2.75) is 13.0 Å². The Hall–Kier alpha value is -3.61. The van der Waals surface area contributed by atoms with Crippen molar-refractivity contribution in [1.29, 1.82) is 0 Å². The molecule has 5 rings (SSSR count). The van der Waals surface area contributed by atoms with Gasteiger partial charge in [0.1, 0.15) is 5.82 Å². The van der Waals surface area contributed by atoms with E-state index in [1.807, 2.05) is 36.4 Å². The van der Waals surface area contributed by atoms with Crippen LogP contribution in [0.1, 0.15) is 33.2 Å². The highest BCUT2D eigenvalue weighted by atomic mass is 16.1. The number of pyridine rings is 2. The van der Waals surface area contributed by atoms with Gasteiger partial charge in [0.05, 0.1) is 11.7 Å². The second-order valence-electron chi connectivity index (χ2n) is 8.94. The lowest BCUT2D eigenvalue weighted by Crippen LogP contribution is -2.46. The molecule has 0 spiro atoms. The predicted octanol–water partition coefficient (Wildman–Crippen LogP) is 4.53. The van der Waals surface area contributed by atoms with Gasteiger partial charge in [-0.2, -0.15) is 0 Å². The fourth-order valence-electron chi connectivity index (χ4n) is 4.56. The number of aryl methyl sites for hydroxylation is 1. The average Bonchev–Trinajstić information content (AvgIpc) is 2.87. The maximum absolute atomic E-state index is 13.0. The molecule has 1 N–H and O–H groups in total. The van der Waals surface area contributed by atoms with E-state index >= 15 is 0 Å². The molecular formula is C28H29N5O. The smallest absolute Gasteiger partial charge is 0.256 e. The standard InChI is InChI=1S/C28H29N5O/c1-20-8-11-25(31-28(34)23-9-10-24-19-29-13-12-22(24)18-23)30-26(20)27(21-6-4-3-5-7-21)33-16-14-32(2)15-17-33/h3-13,18-19,27H,14-17H2,1-2H3,(H,30,31,34). The van der Waals surface area contributed by atoms with Crippen LogP contribution in [0.2, 0.25) is 0 Å². The molecule has 0 radical (unpaired) electrons. The minimum atomic E-state index is -0.170. The summed E-state index contributed by atoms with van der Waals surface area (Å²) >= 11 is 0. The van der Waals surface area contributed by atoms with Crippen LogP contribution >= 0.6 is 0 Å². The van der Waals surface area contributed by atoms with E-state index in [1.54, 1.807) is 12.4 Å². The molecule has 0 saturated carbocycles. The highest BCUT2D eigenvalue weighted by Gasteiger charge is 2.28. The normalized spacial score (nSPS) is 15.8. The van der Waals surface area contributed by atoms with Crippen LogP contribution in [-0.4, -0.2) is 58.9 Å². The molecule has 34 heavy (non-hydrogen) atoms. The van der Waals surface area contributed by atoms with Crippen molar-refractivity contribution >= 4 is 22.5 Å². The van der Waals surface area contributed by atoms with Crippen molar-refractivity contribution in [2.75, 3.05) is 38.5 Å². The van der Waals surface area contributed by atoms with E-state index in [1.165, 1.54) is 5.56 Å². The van der Waals surface area contributed by atoms with Gasteiger partial charge in [0.2, 0.25) is 0 Å². The Bertz CT molecular complexity index is 1300. The lowest BCUT2D eigenvalue weighted by Gasteiger charge is -2.38. The highest BCUT2D eigenvalue weighted by Crippen LogP contribution is 2.31. The number of amides is 1. The molecule has 3 heterocycles. The second kappa shape index (κ2) is 9.71. The fraction of sp³-hybridized carbons (Fsp3) is 0.250. The summed E-state index contributed by atoms with van der Waals surface area (Å²) in [6.07, 6.45) is 3.53. The molecule has 1 unspecified atom stereocenters. The van der Waals surface area contributed by atoms with Gasteiger partial charge in [-0.15, -0.1) is 0 Å². The number of likely N-dealkylation sites (N-methyl/N-ethyl adjacent to an activating group) is 1. The zero-order valence-electron chi connectivity index (χ0n) is 19.6. The molecular weight excluding hydrogens is 422 g/mol. The van der Waals surface area contributed by atoms with Gasteiger partial charge in [-0.25, -0.2) is 4.98 Å². The molecule has 2 aromatic carbocycles. The molecule has 1 amide bonds. The maximum Gasteiger partial charge on any atom is 0.256 e. The number of rotatable bonds is 5. The van der Waals surface area contributed by atoms with Crippen LogP contribution in [0.5, 0.6) is 0 Å². The Morgan fingerprint density at radius 3 is 2.53 bits per heavy atom. The number of aromatic nitrogens is 2. The van der Waals surface area contributed by atoms with Gasteiger partial charge >= 0.3 is 0 Å². The van der Waals surface area contributed by atoms with Crippen molar-refractivity contribution in [3.8, 4) is 0 Å². The zero-order valence-corrected chi connectivity index (χ0v) is 19.6. The molecule has 172 valence electrons. The van der Waals surface area contributed by atoms with Gasteiger partial charge in [0.15, 0.2) is 0 Å². The lowest BCUT2D eigenvalue weighted by atomic mass is 9.97. The number of hydrogen-bond donors (Lipinski definition) is 1. The predicted molar refractivity (Wildman–Crippen MR) is 136 cm³/mol. The fourth-order valence-corrected chi connectivity index (χ4v) is 4.56. The van der Waals surface area contributed by atoms with Crippen LogP contribution in [0, 0.1) is 6.92 Å². The van der Waals surface area contributed by atoms with Crippen LogP contribution in [0.25, 0.3) is 10.8 Å². The molecule has 1 saturated heterocycles. The third kappa shape index (κ3) is 4.69. The number of piperazine rings is 1. The SMILES string of the molecule is Cc1ccc(NC(=O)c2ccc3cnccc3c2)nc1C(c1ccccc1)N1CCN(C)CC1. The average molecular weight is 452 g/mol. The molecule has 1 aliphatic rings. The van der Waals surface area contributed by atoms with E-state index in [0.717, 1.165) is 48.2 Å². The molecule has 4 aromatic rings. The van der Waals surface area contributed by atoms with E-state index in [2.05, 4.69) is 64.4 Å². The first-order valence-corrected chi connectivity index (χ1v) is 11.7. The summed E-state index contributed by atoms with van der Waals surface area (Å²) < 4.78 is 0. The van der Waals surface area contributed by atoms with Crippen LogP contribution < -0.4 is 5.32 Å². The number of anilines is 1. The van der Waals surface area contributed by atoms with Crippen molar-refractivity contribution in [2.24, 2.45) is 0 Å². The van der Waals surface area contributed by atoms with E-state index in [-0.39, 0.29) is 11.9 Å². The Labute approximate surface area is 200 Å². The van der Waals surface area contributed by atoms with Crippen LogP contribution in [0.15, 0.2) is 79.1 Å². The van der Waals surface area contributed by atoms with E-state index in [0.29, 0.717) is 11.4 Å². The van der Waals surface area contributed by atoms with Crippen molar-refractivity contribution in [3.05, 3.63) is 102 Å². The first-order chi connectivity index (χ1) is 16.6. The number of carbonyl (C=O) groups is 1. The molecule has 6 nitrogen and oxygen atoms in total. The minimum Gasteiger partial charge on any atom is -0.307 e. The second-order valence-corrected chi connectivity index (χ2v) is 8.94. The van der Waals surface area contributed by atoms with Crippen LogP contribution in [0.3, 0.4) is 0 Å². The molecule has 1 fully saturated rings. The molecule has 6 heteroatoms. The molecule has 1 atom stereocenters. The summed E-state index contributed by atoms with van der Waals surface area (Å²) in [5.74, 6) is 0.396. The number of carbonyl (C=O) groups excluding carboxylic acids is 1. The minimum absolute atomic E-state index is 0.0416. The summed E-state index contributed by atoms with van der Waals surface area (Å²) in [4.78, 5) is 27.0. The van der Waals surface area contributed by atoms with Crippen molar-refractivity contribution in [3.63, 3.8) is 0 Å². The highest BCUT2D eigenvalue weighted by molar-refractivity contribution is 6.06. The Balaban J connectivity index is 1.45. The Kier molecular flexibility index (Phi) is 6.34. The molecule has 2 aromatic heterocycles. The Morgan fingerprint density at radius 1 is 0.941 bits per heavy atom. The van der Waals surface area contributed by atoms with E-state index in [4.69, 9.17) is 4.98 Å². The topological polar surface area (TPSA) is 61.4 Å². The summed E-state index contributed by atoms with van der Waals surface area (Å²) in [5, 5.41) is 5.01. The van der Waals surface area contributed by atoms with Gasteiger partial charge in [-0.3, -0.25) is 14.7 Å². The number of nitrogens with zero attached hydrogens (tertiary/aromatic N) is 4. The first-order valence-electron chi connectivity index (χ1n) is 11.7. The number of hydrogen-bond acceptors (Lipinski definition) is 5. The zero-order chi connectivity index (χ0) is 23.5. The van der Waals surface area contributed by atoms with Gasteiger partial charge in [-0.05, 0) is 54.8 Å². The summed E-state index contributed by atoms with van der Waals surface area (Å²) in [6.45, 7) is 6.09. The van der Waals surface area contributed by atoms with Crippen LogP contribution in [-0.2, 0) is 0 Å². The lowest BCUT2D eigenvalue weighted by molar-refractivity contribution is 0.102. The van der Waals surface area contributed by atoms with Crippen molar-refractivity contribution in [1.82, 2.24) is 19.8 Å². The maximum atomic E-state index is 13.0. The summed E-state index contributed by atoms with van der Waals surface area (Å²) in [7, 11) is 2.16. The number of fused-ring (bicyclic) bond motifs is 1. The third-order valence-corrected chi connectivity index (χ3v) is 6.56. The summed E-state index contributed by atoms with van der Waals surface area (Å²) in [6, 6.07) is 22.1. The monoisotopic (exact) mass is 451 g/mol. The van der Waals surface area contributed by atoms with Gasteiger partial charge < -0.3 is 10.2 Å². The molecule has 0 aliphatic carbocycles. The quantitative estimate of drug-likeness (QED) is 0.483. The van der Waals surface area contributed by atoms with Gasteiger partial charge in [0.25, 0.3) is 5.91 Å². The van der Waals surface area contributed by atoms with E-state index < -0.39 is 0 Å². The summed E-state index contributed by atoms with van der Waals surface area (Å²) in [5.41, 5.74) is 3.91. The number of nitrogens with one attached hydrogen (secondary N) is 1. The number of benzene rings is 2. The largest absolute Gasteiger partial charge is 0.307 e. The Morgan fingerprint density at radius 2 is 1.74 bits per heavy atom. The molecule has 1 aliphatic heterocycles. The van der Waals surface area contributed by atoms with E-state index in [9.17, 15) is 4.79 Å². The van der Waals surface area contributed by atoms with Gasteiger partial charge in [0, 0.05) is 49.5 Å². The molecule has 0 bridgehead atoms.